The molecule has 0 spiro atoms. The van der Waals surface area contributed by atoms with E-state index in [9.17, 15) is 4.79 Å². The van der Waals surface area contributed by atoms with E-state index in [1.807, 2.05) is 61.5 Å². The predicted molar refractivity (Wildman–Crippen MR) is 108 cm³/mol. The Labute approximate surface area is 158 Å². The van der Waals surface area contributed by atoms with Crippen LogP contribution in [0.3, 0.4) is 0 Å². The van der Waals surface area contributed by atoms with Crippen molar-refractivity contribution in [3.8, 4) is 5.13 Å². The van der Waals surface area contributed by atoms with Gasteiger partial charge in [-0.15, -0.1) is 0 Å². The van der Waals surface area contributed by atoms with Gasteiger partial charge in [0.1, 0.15) is 5.82 Å². The molecule has 0 radical (unpaired) electrons. The smallest absolute Gasteiger partial charge is 0.258 e. The molecule has 0 aliphatic carbocycles. The van der Waals surface area contributed by atoms with E-state index < -0.39 is 0 Å². The normalized spacial score (nSPS) is 11.3. The molecule has 0 aliphatic rings. The second-order valence-corrected chi connectivity index (χ2v) is 7.26. The van der Waals surface area contributed by atoms with Crippen LogP contribution in [0.4, 0.5) is 5.82 Å². The molecule has 132 valence electrons. The van der Waals surface area contributed by atoms with Gasteiger partial charge in [0, 0.05) is 23.2 Å². The van der Waals surface area contributed by atoms with Crippen molar-refractivity contribution in [3.63, 3.8) is 0 Å². The molecule has 0 aliphatic heterocycles. The number of H-pyrrole nitrogens is 1. The number of thiazole rings is 1. The lowest BCUT2D eigenvalue weighted by Crippen LogP contribution is -2.14. The molecule has 0 fully saturated rings. The van der Waals surface area contributed by atoms with Crippen LogP contribution in [0.25, 0.3) is 26.3 Å². The largest absolute Gasteiger partial charge is 0.360 e. The number of nitrogens with one attached hydrogen (secondary N) is 2. The first-order valence-electron chi connectivity index (χ1n) is 8.49. The van der Waals surface area contributed by atoms with Crippen LogP contribution < -0.4 is 5.32 Å². The van der Waals surface area contributed by atoms with Crippen LogP contribution in [0.2, 0.25) is 0 Å². The topological polar surface area (TPSA) is 75.6 Å². The molecule has 5 aromatic rings. The van der Waals surface area contributed by atoms with E-state index in [-0.39, 0.29) is 5.91 Å². The zero-order chi connectivity index (χ0) is 18.4. The monoisotopic (exact) mass is 373 g/mol. The zero-order valence-electron chi connectivity index (χ0n) is 14.4. The average molecular weight is 373 g/mol. The summed E-state index contributed by atoms with van der Waals surface area (Å²) in [6.07, 6.45) is 1.73. The highest BCUT2D eigenvalue weighted by molar-refractivity contribution is 7.20. The molecule has 2 N–H and O–H groups in total. The molecular weight excluding hydrogens is 358 g/mol. The van der Waals surface area contributed by atoms with Crippen LogP contribution in [0.1, 0.15) is 16.1 Å². The molecule has 1 amide bonds. The fraction of sp³-hybridized carbons (Fsp3) is 0.0500. The van der Waals surface area contributed by atoms with Gasteiger partial charge >= 0.3 is 0 Å². The predicted octanol–water partition coefficient (Wildman–Crippen LogP) is 4.52. The van der Waals surface area contributed by atoms with E-state index in [1.54, 1.807) is 10.9 Å². The summed E-state index contributed by atoms with van der Waals surface area (Å²) >= 11 is 1.54. The van der Waals surface area contributed by atoms with Crippen LogP contribution in [0.5, 0.6) is 0 Å². The lowest BCUT2D eigenvalue weighted by Gasteiger charge is -2.06. The Morgan fingerprint density at radius 2 is 1.96 bits per heavy atom. The Hall–Kier alpha value is -3.45. The van der Waals surface area contributed by atoms with Gasteiger partial charge < -0.3 is 10.3 Å². The maximum absolute atomic E-state index is 12.9. The van der Waals surface area contributed by atoms with Gasteiger partial charge in [-0.1, -0.05) is 41.7 Å². The van der Waals surface area contributed by atoms with E-state index in [2.05, 4.69) is 20.4 Å². The fourth-order valence-corrected chi connectivity index (χ4v) is 4.06. The minimum atomic E-state index is -0.185. The molecule has 0 bridgehead atoms. The Bertz CT molecular complexity index is 1260. The number of benzene rings is 2. The molecule has 3 heterocycles. The maximum atomic E-state index is 12.9. The number of amides is 1. The van der Waals surface area contributed by atoms with E-state index in [0.717, 1.165) is 31.9 Å². The van der Waals surface area contributed by atoms with Crippen molar-refractivity contribution >= 4 is 44.2 Å². The first-order chi connectivity index (χ1) is 13.2. The third-order valence-corrected chi connectivity index (χ3v) is 5.38. The lowest BCUT2D eigenvalue weighted by molar-refractivity contribution is 0.102. The molecule has 6 nitrogen and oxygen atoms in total. The Kier molecular flexibility index (Phi) is 3.54. The minimum absolute atomic E-state index is 0.185. The van der Waals surface area contributed by atoms with Gasteiger partial charge in [-0.05, 0) is 25.1 Å². The third-order valence-electron chi connectivity index (χ3n) is 4.37. The van der Waals surface area contributed by atoms with Crippen LogP contribution in [-0.2, 0) is 0 Å². The third kappa shape index (κ3) is 2.69. The summed E-state index contributed by atoms with van der Waals surface area (Å²) in [7, 11) is 0. The van der Waals surface area contributed by atoms with Gasteiger partial charge in [0.05, 0.1) is 21.5 Å². The van der Waals surface area contributed by atoms with Gasteiger partial charge in [-0.25, -0.2) is 4.98 Å². The second-order valence-electron chi connectivity index (χ2n) is 6.25. The number of nitrogens with zero attached hydrogens (tertiary/aromatic N) is 3. The van der Waals surface area contributed by atoms with E-state index in [1.165, 1.54) is 11.3 Å². The number of hydrogen-bond acceptors (Lipinski definition) is 4. The summed E-state index contributed by atoms with van der Waals surface area (Å²) in [5, 5.41) is 9.10. The Morgan fingerprint density at radius 3 is 2.85 bits per heavy atom. The standard InChI is InChI=1S/C20H15N5OS/c1-12-10-18(23-19(26)14-11-21-15-7-3-2-6-13(14)15)25(24-12)20-22-16-8-4-5-9-17(16)27-20/h2-11,21H,1H3,(H,23,26). The van der Waals surface area contributed by atoms with Crippen molar-refractivity contribution in [1.82, 2.24) is 19.7 Å². The van der Waals surface area contributed by atoms with Crippen molar-refractivity contribution in [3.05, 3.63) is 72.1 Å². The highest BCUT2D eigenvalue weighted by Crippen LogP contribution is 2.27. The second kappa shape index (κ2) is 6.07. The van der Waals surface area contributed by atoms with E-state index >= 15 is 0 Å². The minimum Gasteiger partial charge on any atom is -0.360 e. The average Bonchev–Trinajstić information content (AvgIpc) is 3.37. The van der Waals surface area contributed by atoms with Gasteiger partial charge in [0.15, 0.2) is 0 Å². The molecule has 0 saturated carbocycles. The van der Waals surface area contributed by atoms with E-state index in [0.29, 0.717) is 11.4 Å². The number of anilines is 1. The highest BCUT2D eigenvalue weighted by Gasteiger charge is 2.17. The van der Waals surface area contributed by atoms with Gasteiger partial charge in [-0.2, -0.15) is 9.78 Å². The number of para-hydroxylation sites is 2. The lowest BCUT2D eigenvalue weighted by atomic mass is 10.1. The summed E-state index contributed by atoms with van der Waals surface area (Å²) in [5.41, 5.74) is 3.25. The molecular formula is C20H15N5OS. The first-order valence-corrected chi connectivity index (χ1v) is 9.31. The highest BCUT2D eigenvalue weighted by atomic mass is 32.1. The van der Waals surface area contributed by atoms with Gasteiger partial charge in [-0.3, -0.25) is 4.79 Å². The quantitative estimate of drug-likeness (QED) is 0.488. The molecule has 0 unspecified atom stereocenters. The molecule has 3 aromatic heterocycles. The van der Waals surface area contributed by atoms with Crippen molar-refractivity contribution < 1.29 is 4.79 Å². The summed E-state index contributed by atoms with van der Waals surface area (Å²) in [6, 6.07) is 17.5. The van der Waals surface area contributed by atoms with Gasteiger partial charge in [0.2, 0.25) is 5.13 Å². The number of rotatable bonds is 3. The molecule has 7 heteroatoms. The fourth-order valence-electron chi connectivity index (χ4n) is 3.13. The summed E-state index contributed by atoms with van der Waals surface area (Å²) < 4.78 is 2.77. The number of aromatic nitrogens is 4. The molecule has 0 atom stereocenters. The number of aryl methyl sites for hydroxylation is 1. The number of carbonyl (C=O) groups excluding carboxylic acids is 1. The number of aromatic amines is 1. The van der Waals surface area contributed by atoms with Crippen molar-refractivity contribution in [2.24, 2.45) is 0 Å². The Morgan fingerprint density at radius 1 is 1.15 bits per heavy atom. The SMILES string of the molecule is Cc1cc(NC(=O)c2c[nH]c3ccccc23)n(-c2nc3ccccc3s2)n1. The zero-order valence-corrected chi connectivity index (χ0v) is 15.2. The van der Waals surface area contributed by atoms with Crippen LogP contribution in [0, 0.1) is 6.92 Å². The van der Waals surface area contributed by atoms with Crippen molar-refractivity contribution in [2.45, 2.75) is 6.92 Å². The maximum Gasteiger partial charge on any atom is 0.258 e. The molecule has 0 saturated heterocycles. The molecule has 2 aromatic carbocycles. The van der Waals surface area contributed by atoms with Crippen molar-refractivity contribution in [2.75, 3.05) is 5.32 Å². The first kappa shape index (κ1) is 15.8. The van der Waals surface area contributed by atoms with Crippen LogP contribution >= 0.6 is 11.3 Å². The number of fused-ring (bicyclic) bond motifs is 2. The summed E-state index contributed by atoms with van der Waals surface area (Å²) in [6.45, 7) is 1.89. The van der Waals surface area contributed by atoms with Crippen LogP contribution in [-0.4, -0.2) is 25.7 Å². The van der Waals surface area contributed by atoms with Crippen molar-refractivity contribution in [1.29, 1.82) is 0 Å². The van der Waals surface area contributed by atoms with Crippen LogP contribution in [0.15, 0.2) is 60.8 Å². The summed E-state index contributed by atoms with van der Waals surface area (Å²) in [4.78, 5) is 20.6. The van der Waals surface area contributed by atoms with E-state index in [4.69, 9.17) is 0 Å². The van der Waals surface area contributed by atoms with Gasteiger partial charge in [0.25, 0.3) is 5.91 Å². The summed E-state index contributed by atoms with van der Waals surface area (Å²) in [5.74, 6) is 0.413. The number of carbonyl (C=O) groups is 1. The number of hydrogen-bond donors (Lipinski definition) is 2. The Balaban J connectivity index is 1.53. The molecule has 27 heavy (non-hydrogen) atoms. The molecule has 5 rings (SSSR count).